The van der Waals surface area contributed by atoms with Gasteiger partial charge in [0.05, 0.1) is 9.82 Å². The molecule has 0 saturated carbocycles. The van der Waals surface area contributed by atoms with Gasteiger partial charge >= 0.3 is 0 Å². The summed E-state index contributed by atoms with van der Waals surface area (Å²) in [7, 11) is 0. The fraction of sp³-hybridized carbons (Fsp3) is 0.611. The zero-order valence-electron chi connectivity index (χ0n) is 15.3. The maximum absolute atomic E-state index is 12.8. The van der Waals surface area contributed by atoms with Crippen molar-refractivity contribution in [1.82, 2.24) is 4.90 Å². The van der Waals surface area contributed by atoms with E-state index >= 15 is 0 Å². The zero-order valence-corrected chi connectivity index (χ0v) is 17.0. The van der Waals surface area contributed by atoms with E-state index in [4.69, 9.17) is 5.73 Å². The summed E-state index contributed by atoms with van der Waals surface area (Å²) in [6.45, 7) is 5.35. The molecule has 0 bridgehead atoms. The molecule has 1 aliphatic rings. The van der Waals surface area contributed by atoms with E-state index < -0.39 is 4.92 Å². The fourth-order valence-corrected chi connectivity index (χ4v) is 4.25. The summed E-state index contributed by atoms with van der Waals surface area (Å²) < 4.78 is 0. The molecule has 2 rings (SSSR count). The van der Waals surface area contributed by atoms with Crippen molar-refractivity contribution in [3.63, 3.8) is 0 Å². The maximum atomic E-state index is 12.8. The second-order valence-electron chi connectivity index (χ2n) is 6.85. The van der Waals surface area contributed by atoms with Gasteiger partial charge in [-0.25, -0.2) is 0 Å². The fourth-order valence-electron chi connectivity index (χ4n) is 3.00. The number of carbonyl (C=O) groups is 1. The molecule has 1 heterocycles. The molecule has 1 fully saturated rings. The van der Waals surface area contributed by atoms with Gasteiger partial charge < -0.3 is 10.6 Å². The van der Waals surface area contributed by atoms with Crippen molar-refractivity contribution < 1.29 is 9.72 Å². The SMILES string of the molecule is CC(C)CCSc1ccc(C(=O)N2CCCCC2CN)cc1[N+](=O)[O-].Cl. The van der Waals surface area contributed by atoms with Crippen LogP contribution in [0.3, 0.4) is 0 Å². The van der Waals surface area contributed by atoms with Crippen LogP contribution in [0.4, 0.5) is 5.69 Å². The van der Waals surface area contributed by atoms with Crippen molar-refractivity contribution >= 4 is 35.8 Å². The third-order valence-corrected chi connectivity index (χ3v) is 5.61. The Morgan fingerprint density at radius 3 is 2.77 bits per heavy atom. The molecular weight excluding hydrogens is 374 g/mol. The molecule has 6 nitrogen and oxygen atoms in total. The molecule has 0 aromatic heterocycles. The monoisotopic (exact) mass is 401 g/mol. The normalized spacial score (nSPS) is 17.1. The number of benzene rings is 1. The van der Waals surface area contributed by atoms with Gasteiger partial charge in [-0.15, -0.1) is 24.2 Å². The number of nitrogens with two attached hydrogens (primary N) is 1. The van der Waals surface area contributed by atoms with Crippen LogP contribution >= 0.6 is 24.2 Å². The minimum absolute atomic E-state index is 0. The number of carbonyl (C=O) groups excluding carboxylic acids is 1. The van der Waals surface area contributed by atoms with E-state index in [9.17, 15) is 14.9 Å². The molecule has 0 radical (unpaired) electrons. The van der Waals surface area contributed by atoms with Crippen LogP contribution in [-0.4, -0.2) is 40.6 Å². The lowest BCUT2D eigenvalue weighted by atomic mass is 10.0. The zero-order chi connectivity index (χ0) is 18.4. The quantitative estimate of drug-likeness (QED) is 0.422. The van der Waals surface area contributed by atoms with Gasteiger partial charge in [0.25, 0.3) is 11.6 Å². The van der Waals surface area contributed by atoms with Crippen LogP contribution in [0.5, 0.6) is 0 Å². The first kappa shape index (κ1) is 22.7. The van der Waals surface area contributed by atoms with Crippen molar-refractivity contribution in [3.8, 4) is 0 Å². The number of nitro benzene ring substituents is 1. The van der Waals surface area contributed by atoms with Crippen LogP contribution in [-0.2, 0) is 0 Å². The van der Waals surface area contributed by atoms with Gasteiger partial charge in [0, 0.05) is 30.8 Å². The Morgan fingerprint density at radius 2 is 2.15 bits per heavy atom. The molecule has 1 aliphatic heterocycles. The van der Waals surface area contributed by atoms with Gasteiger partial charge in [-0.3, -0.25) is 14.9 Å². The summed E-state index contributed by atoms with van der Waals surface area (Å²) in [6, 6.07) is 4.86. The largest absolute Gasteiger partial charge is 0.334 e. The maximum Gasteiger partial charge on any atom is 0.283 e. The smallest absolute Gasteiger partial charge is 0.283 e. The third kappa shape index (κ3) is 5.86. The van der Waals surface area contributed by atoms with Crippen LogP contribution < -0.4 is 5.73 Å². The minimum atomic E-state index is -0.398. The Labute approximate surface area is 165 Å². The summed E-state index contributed by atoms with van der Waals surface area (Å²) >= 11 is 1.48. The molecule has 1 aromatic rings. The van der Waals surface area contributed by atoms with Crippen LogP contribution in [0, 0.1) is 16.0 Å². The Hall–Kier alpha value is -1.31. The number of piperidine rings is 1. The van der Waals surface area contributed by atoms with Gasteiger partial charge in [0.1, 0.15) is 0 Å². The standard InChI is InChI=1S/C18H27N3O3S.ClH/c1-13(2)8-10-25-17-7-6-14(11-16(17)21(23)24)18(22)20-9-4-3-5-15(20)12-19;/h6-7,11,13,15H,3-5,8-10,12,19H2,1-2H3;1H. The van der Waals surface area contributed by atoms with Gasteiger partial charge in [-0.05, 0) is 49.5 Å². The van der Waals surface area contributed by atoms with Crippen LogP contribution in [0.25, 0.3) is 0 Å². The molecule has 1 atom stereocenters. The molecule has 1 unspecified atom stereocenters. The lowest BCUT2D eigenvalue weighted by Gasteiger charge is -2.35. The van der Waals surface area contributed by atoms with Crippen molar-refractivity contribution in [2.45, 2.75) is 50.5 Å². The predicted molar refractivity (Wildman–Crippen MR) is 108 cm³/mol. The Bertz CT molecular complexity index is 628. The highest BCUT2D eigenvalue weighted by Crippen LogP contribution is 2.32. The van der Waals surface area contributed by atoms with Gasteiger partial charge in [0.2, 0.25) is 0 Å². The number of likely N-dealkylation sites (tertiary alicyclic amines) is 1. The number of thioether (sulfide) groups is 1. The third-order valence-electron chi connectivity index (χ3n) is 4.52. The van der Waals surface area contributed by atoms with E-state index in [0.29, 0.717) is 29.5 Å². The first-order valence-corrected chi connectivity index (χ1v) is 9.85. The Kier molecular flexibility index (Phi) is 9.39. The highest BCUT2D eigenvalue weighted by atomic mass is 35.5. The average molecular weight is 402 g/mol. The summed E-state index contributed by atoms with van der Waals surface area (Å²) in [5.41, 5.74) is 6.18. The molecule has 0 aliphatic carbocycles. The minimum Gasteiger partial charge on any atom is -0.334 e. The number of rotatable bonds is 7. The van der Waals surface area contributed by atoms with Gasteiger partial charge in [0.15, 0.2) is 0 Å². The summed E-state index contributed by atoms with van der Waals surface area (Å²) in [4.78, 5) is 26.2. The first-order valence-electron chi connectivity index (χ1n) is 8.86. The van der Waals surface area contributed by atoms with E-state index in [1.54, 1.807) is 17.0 Å². The van der Waals surface area contributed by atoms with Gasteiger partial charge in [-0.1, -0.05) is 13.8 Å². The van der Waals surface area contributed by atoms with Crippen LogP contribution in [0.1, 0.15) is 49.9 Å². The van der Waals surface area contributed by atoms with Crippen molar-refractivity contribution in [1.29, 1.82) is 0 Å². The average Bonchev–Trinajstić information content (AvgIpc) is 2.60. The van der Waals surface area contributed by atoms with E-state index in [1.165, 1.54) is 17.8 Å². The molecular formula is C18H28ClN3O3S. The highest BCUT2D eigenvalue weighted by molar-refractivity contribution is 7.99. The lowest BCUT2D eigenvalue weighted by molar-refractivity contribution is -0.387. The lowest BCUT2D eigenvalue weighted by Crippen LogP contribution is -2.47. The van der Waals surface area contributed by atoms with Gasteiger partial charge in [-0.2, -0.15) is 0 Å². The van der Waals surface area contributed by atoms with Crippen molar-refractivity contribution in [2.75, 3.05) is 18.8 Å². The molecule has 1 aromatic carbocycles. The Morgan fingerprint density at radius 1 is 1.42 bits per heavy atom. The number of nitro groups is 1. The van der Waals surface area contributed by atoms with Crippen molar-refractivity contribution in [3.05, 3.63) is 33.9 Å². The second-order valence-corrected chi connectivity index (χ2v) is 7.99. The number of hydrogen-bond donors (Lipinski definition) is 1. The van der Waals surface area contributed by atoms with Crippen molar-refractivity contribution in [2.24, 2.45) is 11.7 Å². The number of nitrogens with zero attached hydrogens (tertiary/aromatic N) is 2. The first-order chi connectivity index (χ1) is 11.9. The molecule has 26 heavy (non-hydrogen) atoms. The van der Waals surface area contributed by atoms with E-state index in [0.717, 1.165) is 31.4 Å². The number of halogens is 1. The van der Waals surface area contributed by atoms with E-state index in [2.05, 4.69) is 13.8 Å². The van der Waals surface area contributed by atoms with Crippen LogP contribution in [0.2, 0.25) is 0 Å². The second kappa shape index (κ2) is 10.7. The summed E-state index contributed by atoms with van der Waals surface area (Å²) in [5.74, 6) is 1.23. The molecule has 1 saturated heterocycles. The van der Waals surface area contributed by atoms with E-state index in [-0.39, 0.29) is 30.0 Å². The molecule has 146 valence electrons. The summed E-state index contributed by atoms with van der Waals surface area (Å²) in [6.07, 6.45) is 3.91. The Balaban J connectivity index is 0.00000338. The number of amides is 1. The highest BCUT2D eigenvalue weighted by Gasteiger charge is 2.28. The summed E-state index contributed by atoms with van der Waals surface area (Å²) in [5, 5.41) is 11.4. The molecule has 2 N–H and O–H groups in total. The molecule has 8 heteroatoms. The predicted octanol–water partition coefficient (Wildman–Crippen LogP) is 4.11. The molecule has 0 spiro atoms. The van der Waals surface area contributed by atoms with Crippen LogP contribution in [0.15, 0.2) is 23.1 Å². The topological polar surface area (TPSA) is 89.5 Å². The molecule has 1 amide bonds. The number of hydrogen-bond acceptors (Lipinski definition) is 5. The van der Waals surface area contributed by atoms with E-state index in [1.807, 2.05) is 0 Å².